The highest BCUT2D eigenvalue weighted by molar-refractivity contribution is 7.99. The molecule has 1 aliphatic heterocycles. The molecule has 0 radical (unpaired) electrons. The number of ether oxygens (including phenoxy) is 1. The molecule has 156 valence electrons. The number of hydrogen-bond donors (Lipinski definition) is 0. The number of hydrogen-bond acceptors (Lipinski definition) is 6. The van der Waals surface area contributed by atoms with Crippen molar-refractivity contribution in [3.05, 3.63) is 58.9 Å². The first kappa shape index (κ1) is 20.3. The lowest BCUT2D eigenvalue weighted by Crippen LogP contribution is -2.49. The van der Waals surface area contributed by atoms with E-state index in [-0.39, 0.29) is 17.2 Å². The average Bonchev–Trinajstić information content (AvgIpc) is 2.80. The number of thioether (sulfide) groups is 1. The largest absolute Gasteiger partial charge is 0.495 e. The number of carbonyl (C=O) groups excluding carboxylic acids is 1. The van der Waals surface area contributed by atoms with E-state index in [9.17, 15) is 9.59 Å². The van der Waals surface area contributed by atoms with E-state index in [0.29, 0.717) is 29.1 Å². The third kappa shape index (κ3) is 4.00. The van der Waals surface area contributed by atoms with E-state index in [1.54, 1.807) is 20.2 Å². The van der Waals surface area contributed by atoms with Crippen LogP contribution in [-0.4, -0.2) is 59.4 Å². The molecule has 1 aliphatic rings. The third-order valence-corrected chi connectivity index (χ3v) is 6.34. The lowest BCUT2D eigenvalue weighted by atomic mass is 10.2. The third-order valence-electron chi connectivity index (χ3n) is 5.33. The minimum Gasteiger partial charge on any atom is -0.495 e. The van der Waals surface area contributed by atoms with Crippen molar-refractivity contribution in [2.45, 2.75) is 5.16 Å². The predicted octanol–water partition coefficient (Wildman–Crippen LogP) is 2.38. The van der Waals surface area contributed by atoms with Gasteiger partial charge < -0.3 is 14.5 Å². The zero-order valence-electron chi connectivity index (χ0n) is 17.1. The fourth-order valence-corrected chi connectivity index (χ4v) is 4.51. The van der Waals surface area contributed by atoms with Gasteiger partial charge in [-0.15, -0.1) is 0 Å². The van der Waals surface area contributed by atoms with Crippen LogP contribution in [0, 0.1) is 0 Å². The summed E-state index contributed by atoms with van der Waals surface area (Å²) in [5, 5.41) is 1.14. The summed E-state index contributed by atoms with van der Waals surface area (Å²) in [6.45, 7) is 2.82. The zero-order valence-corrected chi connectivity index (χ0v) is 17.9. The summed E-state index contributed by atoms with van der Waals surface area (Å²) in [5.41, 5.74) is 1.61. The molecule has 4 rings (SSSR count). The van der Waals surface area contributed by atoms with Crippen molar-refractivity contribution in [2.24, 2.45) is 7.05 Å². The fourth-order valence-electron chi connectivity index (χ4n) is 3.63. The van der Waals surface area contributed by atoms with Crippen molar-refractivity contribution in [1.29, 1.82) is 0 Å². The standard InChI is InChI=1S/C22H24N4O3S/c1-24-21(28)16-7-3-4-8-17(16)23-22(24)30-15-20(27)26-13-11-25(12-14-26)18-9-5-6-10-19(18)29-2/h3-10H,11-15H2,1-2H3. The maximum atomic E-state index is 12.7. The molecule has 0 atom stereocenters. The van der Waals surface area contributed by atoms with Gasteiger partial charge in [-0.3, -0.25) is 14.2 Å². The second-order valence-corrected chi connectivity index (χ2v) is 8.05. The average molecular weight is 425 g/mol. The van der Waals surface area contributed by atoms with Gasteiger partial charge in [0.05, 0.1) is 29.5 Å². The Morgan fingerprint density at radius 2 is 1.77 bits per heavy atom. The number of para-hydroxylation sites is 3. The number of benzene rings is 2. The molecule has 0 unspecified atom stereocenters. The maximum Gasteiger partial charge on any atom is 0.261 e. The lowest BCUT2D eigenvalue weighted by molar-refractivity contribution is -0.128. The second kappa shape index (κ2) is 8.79. The molecule has 1 saturated heterocycles. The number of aromatic nitrogens is 2. The molecule has 7 nitrogen and oxygen atoms in total. The number of fused-ring (bicyclic) bond motifs is 1. The summed E-state index contributed by atoms with van der Waals surface area (Å²) in [6.07, 6.45) is 0. The molecule has 8 heteroatoms. The van der Waals surface area contributed by atoms with Gasteiger partial charge >= 0.3 is 0 Å². The van der Waals surface area contributed by atoms with Gasteiger partial charge in [0, 0.05) is 33.2 Å². The Labute approximate surface area is 179 Å². The van der Waals surface area contributed by atoms with Crippen molar-refractivity contribution in [1.82, 2.24) is 14.5 Å². The van der Waals surface area contributed by atoms with Crippen molar-refractivity contribution >= 4 is 34.3 Å². The molecule has 2 aromatic carbocycles. The predicted molar refractivity (Wildman–Crippen MR) is 119 cm³/mol. The van der Waals surface area contributed by atoms with Crippen LogP contribution in [0.5, 0.6) is 5.75 Å². The molecule has 0 saturated carbocycles. The molecule has 0 spiro atoms. The van der Waals surface area contributed by atoms with Gasteiger partial charge in [-0.25, -0.2) is 4.98 Å². The molecule has 30 heavy (non-hydrogen) atoms. The van der Waals surface area contributed by atoms with Crippen LogP contribution in [0.2, 0.25) is 0 Å². The smallest absolute Gasteiger partial charge is 0.261 e. The van der Waals surface area contributed by atoms with Crippen molar-refractivity contribution in [3.63, 3.8) is 0 Å². The molecule has 0 N–H and O–H groups in total. The number of anilines is 1. The molecule has 2 heterocycles. The summed E-state index contributed by atoms with van der Waals surface area (Å²) in [7, 11) is 3.37. The topological polar surface area (TPSA) is 67.7 Å². The number of rotatable bonds is 5. The van der Waals surface area contributed by atoms with E-state index in [1.165, 1.54) is 16.3 Å². The van der Waals surface area contributed by atoms with Gasteiger partial charge in [0.2, 0.25) is 5.91 Å². The van der Waals surface area contributed by atoms with Crippen LogP contribution in [0.3, 0.4) is 0 Å². The Kier molecular flexibility index (Phi) is 5.94. The van der Waals surface area contributed by atoms with Gasteiger partial charge in [0.15, 0.2) is 5.16 Å². The van der Waals surface area contributed by atoms with Crippen molar-refractivity contribution in [2.75, 3.05) is 43.9 Å². The number of carbonyl (C=O) groups is 1. The fraction of sp³-hybridized carbons (Fsp3) is 0.318. The van der Waals surface area contributed by atoms with Crippen LogP contribution in [0.4, 0.5) is 5.69 Å². The van der Waals surface area contributed by atoms with Crippen LogP contribution >= 0.6 is 11.8 Å². The minimum absolute atomic E-state index is 0.0575. The molecular formula is C22H24N4O3S. The quantitative estimate of drug-likeness (QED) is 0.463. The highest BCUT2D eigenvalue weighted by Gasteiger charge is 2.23. The van der Waals surface area contributed by atoms with Crippen LogP contribution in [0.1, 0.15) is 0 Å². The summed E-state index contributed by atoms with van der Waals surface area (Å²) in [6, 6.07) is 15.2. The molecular weight excluding hydrogens is 400 g/mol. The van der Waals surface area contributed by atoms with Gasteiger partial charge in [-0.05, 0) is 24.3 Å². The van der Waals surface area contributed by atoms with E-state index in [0.717, 1.165) is 24.5 Å². The normalized spacial score (nSPS) is 14.2. The highest BCUT2D eigenvalue weighted by atomic mass is 32.2. The summed E-state index contributed by atoms with van der Waals surface area (Å²) < 4.78 is 6.97. The Hall–Kier alpha value is -3.00. The maximum absolute atomic E-state index is 12.7. The summed E-state index contributed by atoms with van der Waals surface area (Å²) in [4.78, 5) is 33.9. The van der Waals surface area contributed by atoms with E-state index in [1.807, 2.05) is 47.4 Å². The number of methoxy groups -OCH3 is 1. The SMILES string of the molecule is COc1ccccc1N1CCN(C(=O)CSc2nc3ccccc3c(=O)n2C)CC1. The van der Waals surface area contributed by atoms with Crippen molar-refractivity contribution < 1.29 is 9.53 Å². The van der Waals surface area contributed by atoms with Crippen LogP contribution < -0.4 is 15.2 Å². The minimum atomic E-state index is -0.0963. The second-order valence-electron chi connectivity index (χ2n) is 7.10. The monoisotopic (exact) mass is 424 g/mol. The highest BCUT2D eigenvalue weighted by Crippen LogP contribution is 2.28. The van der Waals surface area contributed by atoms with E-state index in [4.69, 9.17) is 4.74 Å². The zero-order chi connectivity index (χ0) is 21.1. The molecule has 3 aromatic rings. The molecule has 1 aromatic heterocycles. The first-order valence-electron chi connectivity index (χ1n) is 9.83. The number of nitrogens with zero attached hydrogens (tertiary/aromatic N) is 4. The van der Waals surface area contributed by atoms with Gasteiger partial charge in [0.1, 0.15) is 5.75 Å². The Morgan fingerprint density at radius 1 is 1.07 bits per heavy atom. The number of piperazine rings is 1. The molecule has 1 amide bonds. The number of amides is 1. The van der Waals surface area contributed by atoms with Gasteiger partial charge in [0.25, 0.3) is 5.56 Å². The van der Waals surface area contributed by atoms with Crippen LogP contribution in [-0.2, 0) is 11.8 Å². The van der Waals surface area contributed by atoms with Crippen molar-refractivity contribution in [3.8, 4) is 5.75 Å². The molecule has 0 bridgehead atoms. The van der Waals surface area contributed by atoms with Crippen LogP contribution in [0.25, 0.3) is 10.9 Å². The van der Waals surface area contributed by atoms with E-state index in [2.05, 4.69) is 9.88 Å². The Balaban J connectivity index is 1.38. The first-order valence-corrected chi connectivity index (χ1v) is 10.8. The summed E-state index contributed by atoms with van der Waals surface area (Å²) in [5.74, 6) is 1.16. The summed E-state index contributed by atoms with van der Waals surface area (Å²) >= 11 is 1.31. The van der Waals surface area contributed by atoms with E-state index < -0.39 is 0 Å². The Bertz CT molecular complexity index is 1120. The molecule has 1 fully saturated rings. The van der Waals surface area contributed by atoms with Crippen LogP contribution in [0.15, 0.2) is 58.5 Å². The lowest BCUT2D eigenvalue weighted by Gasteiger charge is -2.36. The molecule has 0 aliphatic carbocycles. The van der Waals surface area contributed by atoms with Gasteiger partial charge in [-0.1, -0.05) is 36.0 Å². The Morgan fingerprint density at radius 3 is 2.53 bits per heavy atom. The van der Waals surface area contributed by atoms with E-state index >= 15 is 0 Å². The first-order chi connectivity index (χ1) is 14.6. The van der Waals surface area contributed by atoms with Gasteiger partial charge in [-0.2, -0.15) is 0 Å².